The van der Waals surface area contributed by atoms with Crippen LogP contribution < -0.4 is 0 Å². The van der Waals surface area contributed by atoms with Crippen molar-refractivity contribution in [1.29, 1.82) is 0 Å². The number of aliphatic hydroxyl groups is 9. The zero-order chi connectivity index (χ0) is 87.1. The smallest absolute Gasteiger partial charge is 0.463 e. The van der Waals surface area contributed by atoms with E-state index in [1.165, 1.54) is 154 Å². The average Bonchev–Trinajstić information content (AvgIpc) is 0.754. The Morgan fingerprint density at radius 1 is 0.353 bits per heavy atom. The molecule has 25 nitrogen and oxygen atoms in total. The molecule has 3 rings (SSSR count). The molecule has 0 bridgehead atoms. The zero-order valence-corrected chi connectivity index (χ0v) is 75.6. The molecule has 0 spiro atoms. The van der Waals surface area contributed by atoms with Gasteiger partial charge in [-0.2, -0.15) is 0 Å². The molecule has 0 aromatic rings. The summed E-state index contributed by atoms with van der Waals surface area (Å²) in [7, 11) is -5.82. The van der Waals surface area contributed by atoms with E-state index in [1.54, 1.807) is 0 Å². The van der Waals surface area contributed by atoms with E-state index in [4.69, 9.17) is 46.9 Å². The van der Waals surface area contributed by atoms with Gasteiger partial charge in [0.05, 0.1) is 13.2 Å². The van der Waals surface area contributed by atoms with Crippen LogP contribution in [0.5, 0.6) is 0 Å². The number of rotatable bonds is 76. The van der Waals surface area contributed by atoms with Crippen molar-refractivity contribution in [3.63, 3.8) is 0 Å². The molecule has 0 aromatic carbocycles. The van der Waals surface area contributed by atoms with Crippen molar-refractivity contribution in [2.24, 2.45) is 11.8 Å². The van der Waals surface area contributed by atoms with Gasteiger partial charge in [-0.05, 0) is 88.9 Å². The number of phosphoric ester groups is 1. The number of ether oxygens (including phenoxy) is 8. The van der Waals surface area contributed by atoms with Crippen LogP contribution in [0.2, 0.25) is 0 Å². The van der Waals surface area contributed by atoms with Crippen molar-refractivity contribution in [3.05, 3.63) is 24.3 Å². The molecule has 20 atom stereocenters. The summed E-state index contributed by atoms with van der Waals surface area (Å²) in [6, 6.07) is 0. The third-order valence-electron chi connectivity index (χ3n) is 23.7. The predicted molar refractivity (Wildman–Crippen MR) is 462 cm³/mol. The SMILES string of the molecule is CCCCCC/C=C\CCCCCCCCCC(=O)OCC1OC(OC2C(OC(=O)CCCCCCCCC(C)CCCCCCCC)C(O)C(O)C(OC3OC(CO)C(O)C(O)C3O)C2OP(=O)(O)OCC(COC(=O)CCCCCCCCC(C)CCCCCCCC)OC(=O)CCCCC/C=C\CCCCCCCC)C(O)C(O)C1O. The number of unbranched alkanes of at least 4 members (excludes halogenated alkanes) is 40. The second-order valence-corrected chi connectivity index (χ2v) is 36.2. The van der Waals surface area contributed by atoms with Gasteiger partial charge in [-0.25, -0.2) is 4.57 Å². The van der Waals surface area contributed by atoms with Crippen molar-refractivity contribution in [3.8, 4) is 0 Å². The molecule has 1 saturated carbocycles. The Hall–Kier alpha value is -3.05. The molecule has 119 heavy (non-hydrogen) atoms. The van der Waals surface area contributed by atoms with Crippen molar-refractivity contribution < 1.29 is 122 Å². The molecule has 20 unspecified atom stereocenters. The molecule has 0 aromatic heterocycles. The fourth-order valence-electron chi connectivity index (χ4n) is 15.9. The van der Waals surface area contributed by atoms with Gasteiger partial charge in [0.25, 0.3) is 0 Å². The number of carbonyl (C=O) groups is 4. The van der Waals surface area contributed by atoms with E-state index in [2.05, 4.69) is 65.8 Å². The summed E-state index contributed by atoms with van der Waals surface area (Å²) in [6.07, 6.45) is 27.5. The molecule has 698 valence electrons. The summed E-state index contributed by atoms with van der Waals surface area (Å²) in [5, 5.41) is 102. The number of phosphoric acid groups is 1. The van der Waals surface area contributed by atoms with Crippen LogP contribution in [-0.2, 0) is 70.7 Å². The van der Waals surface area contributed by atoms with Gasteiger partial charge < -0.3 is 88.7 Å². The first-order valence-electron chi connectivity index (χ1n) is 47.9. The van der Waals surface area contributed by atoms with E-state index in [1.807, 2.05) is 0 Å². The summed E-state index contributed by atoms with van der Waals surface area (Å²) in [4.78, 5) is 66.6. The van der Waals surface area contributed by atoms with Crippen molar-refractivity contribution in [2.75, 3.05) is 26.4 Å². The molecule has 0 amide bonds. The lowest BCUT2D eigenvalue weighted by Gasteiger charge is -2.50. The number of esters is 4. The maximum Gasteiger partial charge on any atom is 0.472 e. The maximum absolute atomic E-state index is 14.9. The lowest BCUT2D eigenvalue weighted by Crippen LogP contribution is -2.70. The van der Waals surface area contributed by atoms with E-state index in [9.17, 15) is 74.6 Å². The normalized spacial score (nSPS) is 25.4. The van der Waals surface area contributed by atoms with E-state index in [-0.39, 0.29) is 25.7 Å². The Morgan fingerprint density at radius 2 is 0.681 bits per heavy atom. The minimum Gasteiger partial charge on any atom is -0.463 e. The zero-order valence-electron chi connectivity index (χ0n) is 74.7. The maximum atomic E-state index is 14.9. The van der Waals surface area contributed by atoms with E-state index in [0.717, 1.165) is 141 Å². The molecular weight excluding hydrogens is 1550 g/mol. The summed E-state index contributed by atoms with van der Waals surface area (Å²) in [6.45, 7) is 10.2. The largest absolute Gasteiger partial charge is 0.472 e. The van der Waals surface area contributed by atoms with Crippen molar-refractivity contribution >= 4 is 31.7 Å². The van der Waals surface area contributed by atoms with Gasteiger partial charge in [0, 0.05) is 25.7 Å². The third kappa shape index (κ3) is 50.8. The van der Waals surface area contributed by atoms with E-state index >= 15 is 0 Å². The Labute approximate surface area is 717 Å². The molecule has 26 heteroatoms. The molecule has 2 saturated heterocycles. The Balaban J connectivity index is 1.93. The molecule has 0 radical (unpaired) electrons. The van der Waals surface area contributed by atoms with Gasteiger partial charge in [-0.1, -0.05) is 323 Å². The van der Waals surface area contributed by atoms with Crippen LogP contribution >= 0.6 is 7.82 Å². The minimum absolute atomic E-state index is 0.00831. The summed E-state index contributed by atoms with van der Waals surface area (Å²) in [5.41, 5.74) is 0. The lowest BCUT2D eigenvalue weighted by atomic mass is 9.84. The first-order valence-corrected chi connectivity index (χ1v) is 49.3. The topological polar surface area (TPSA) is 380 Å². The van der Waals surface area contributed by atoms with Crippen LogP contribution in [0.15, 0.2) is 24.3 Å². The fraction of sp³-hybridized carbons (Fsp3) is 0.914. The highest BCUT2D eigenvalue weighted by Crippen LogP contribution is 2.49. The second-order valence-electron chi connectivity index (χ2n) is 34.8. The van der Waals surface area contributed by atoms with Gasteiger partial charge in [0.1, 0.15) is 92.6 Å². The van der Waals surface area contributed by atoms with Crippen LogP contribution in [0, 0.1) is 11.8 Å². The first kappa shape index (κ1) is 110. The van der Waals surface area contributed by atoms with Crippen LogP contribution in [0.25, 0.3) is 0 Å². The molecule has 2 aliphatic heterocycles. The van der Waals surface area contributed by atoms with E-state index < -0.39 is 162 Å². The van der Waals surface area contributed by atoms with Crippen molar-refractivity contribution in [1.82, 2.24) is 0 Å². The molecule has 2 heterocycles. The van der Waals surface area contributed by atoms with Gasteiger partial charge >= 0.3 is 31.7 Å². The minimum atomic E-state index is -5.82. The van der Waals surface area contributed by atoms with Gasteiger partial charge in [0.15, 0.2) is 24.8 Å². The molecule has 3 aliphatic rings. The van der Waals surface area contributed by atoms with E-state index in [0.29, 0.717) is 50.4 Å². The highest BCUT2D eigenvalue weighted by Gasteiger charge is 2.60. The van der Waals surface area contributed by atoms with Crippen LogP contribution in [0.4, 0.5) is 0 Å². The predicted octanol–water partition coefficient (Wildman–Crippen LogP) is 17.8. The molecule has 3 fully saturated rings. The van der Waals surface area contributed by atoms with Crippen molar-refractivity contribution in [2.45, 2.75) is 505 Å². The first-order chi connectivity index (χ1) is 57.5. The van der Waals surface area contributed by atoms with Gasteiger partial charge in [-0.15, -0.1) is 0 Å². The molecule has 10 N–H and O–H groups in total. The Kier molecular flexibility index (Phi) is 64.8. The summed E-state index contributed by atoms with van der Waals surface area (Å²) < 4.78 is 73.5. The number of allylic oxidation sites excluding steroid dienone is 4. The van der Waals surface area contributed by atoms with Crippen LogP contribution in [-0.4, -0.2) is 205 Å². The third-order valence-corrected chi connectivity index (χ3v) is 24.7. The van der Waals surface area contributed by atoms with Gasteiger partial charge in [-0.3, -0.25) is 28.2 Å². The highest BCUT2D eigenvalue weighted by atomic mass is 31.2. The van der Waals surface area contributed by atoms with Gasteiger partial charge in [0.2, 0.25) is 0 Å². The Bertz CT molecular complexity index is 2600. The lowest BCUT2D eigenvalue weighted by molar-refractivity contribution is -0.360. The van der Waals surface area contributed by atoms with Crippen LogP contribution in [0.3, 0.4) is 0 Å². The molecular formula is C93H171O25P. The number of hydrogen-bond acceptors (Lipinski definition) is 24. The standard InChI is InChI=1S/C93H171O25P/c1-7-11-15-19-23-25-27-29-30-32-33-35-37-47-56-64-77(96)110-70-75-81(100)83(102)87(106)93(114-75)117-90-88(115-79(98)66-58-50-42-40-46-54-62-72(6)60-52-44-22-18-14-10-4)84(103)85(104)89(116-92-86(105)82(101)80(99)74(67-94)113-92)91(90)118-119(107,108)111-69-73(112-78(97)65-57-49-38-36-34-31-28-26-24-20-16-12-8-2)68-109-76(95)63-55-48-41-39-45-53-61-71(5)59-51-43-21-17-13-9-3/h25,27,31,34,71-75,80-94,99-106H,7-24,26,28-30,32-33,35-70H2,1-6H3,(H,107,108)/b27-25-,34-31-. The summed E-state index contributed by atoms with van der Waals surface area (Å²) >= 11 is 0. The average molecular weight is 1720 g/mol. The number of aliphatic hydroxyl groups excluding tert-OH is 9. The van der Waals surface area contributed by atoms with Crippen LogP contribution in [0.1, 0.15) is 401 Å². The monoisotopic (exact) mass is 1720 g/mol. The number of hydrogen-bond donors (Lipinski definition) is 10. The quantitative estimate of drug-likeness (QED) is 0.00889. The molecule has 1 aliphatic carbocycles. The second kappa shape index (κ2) is 70.1. The number of carbonyl (C=O) groups excluding carboxylic acids is 4. The Morgan fingerprint density at radius 3 is 1.10 bits per heavy atom. The summed E-state index contributed by atoms with van der Waals surface area (Å²) in [5.74, 6) is -1.68. The fourth-order valence-corrected chi connectivity index (χ4v) is 16.9. The highest BCUT2D eigenvalue weighted by molar-refractivity contribution is 7.47.